The van der Waals surface area contributed by atoms with E-state index < -0.39 is 4.92 Å². The van der Waals surface area contributed by atoms with Gasteiger partial charge in [-0.3, -0.25) is 14.9 Å². The van der Waals surface area contributed by atoms with Crippen LogP contribution in [0.2, 0.25) is 0 Å². The van der Waals surface area contributed by atoms with Crippen LogP contribution in [0.1, 0.15) is 63.5 Å². The van der Waals surface area contributed by atoms with Crippen molar-refractivity contribution in [1.29, 1.82) is 5.26 Å². The summed E-state index contributed by atoms with van der Waals surface area (Å²) in [5.74, 6) is 0.553. The number of carbonyl (C=O) groups is 1. The maximum absolute atomic E-state index is 12.8. The van der Waals surface area contributed by atoms with Crippen LogP contribution >= 0.6 is 0 Å². The van der Waals surface area contributed by atoms with E-state index in [1.165, 1.54) is 6.07 Å². The van der Waals surface area contributed by atoms with Crippen molar-refractivity contribution in [1.82, 2.24) is 4.90 Å². The monoisotopic (exact) mass is 563 g/mol. The molecule has 220 valence electrons. The summed E-state index contributed by atoms with van der Waals surface area (Å²) in [5.41, 5.74) is 3.44. The fourth-order valence-electron chi connectivity index (χ4n) is 5.40. The van der Waals surface area contributed by atoms with E-state index in [2.05, 4.69) is 16.7 Å². The maximum Gasteiger partial charge on any atom is 0.311 e. The minimum absolute atomic E-state index is 0.0245. The number of piperidine rings is 1. The number of nitrogens with zero attached hydrogens (tertiary/aromatic N) is 3. The van der Waals surface area contributed by atoms with Crippen LogP contribution < -0.4 is 15.4 Å². The number of nitrogens with one attached hydrogen (secondary N) is 2. The Kier molecular flexibility index (Phi) is 10.4. The number of likely N-dealkylation sites (tertiary alicyclic amines) is 1. The van der Waals surface area contributed by atoms with Gasteiger partial charge in [0.15, 0.2) is 5.75 Å². The Balaban J connectivity index is 1.17. The van der Waals surface area contributed by atoms with Crippen LogP contribution in [-0.4, -0.2) is 60.2 Å². The standard InChI is InChI=1S/C31H41N5O5/c1-21(2)19-41-30-17-27(8-11-29(30)36(38)39)34-25-12-14-35(15-13-25)31(37)20-40-28-9-6-24(7-10-28)33-26-5-4-23(18-32)22(3)16-26/h4-5,8,11,16-17,21,24-25,28,33-34H,6-7,9-10,12-15,19-20H2,1-3H3. The average Bonchev–Trinajstić information content (AvgIpc) is 2.96. The fourth-order valence-corrected chi connectivity index (χ4v) is 5.40. The van der Waals surface area contributed by atoms with Gasteiger partial charge >= 0.3 is 5.69 Å². The first-order chi connectivity index (χ1) is 19.7. The second-order valence-corrected chi connectivity index (χ2v) is 11.5. The summed E-state index contributed by atoms with van der Waals surface area (Å²) in [4.78, 5) is 25.7. The Bertz CT molecular complexity index is 1240. The normalized spacial score (nSPS) is 19.4. The first-order valence-electron chi connectivity index (χ1n) is 14.6. The lowest BCUT2D eigenvalue weighted by Gasteiger charge is -2.34. The minimum Gasteiger partial charge on any atom is -0.486 e. The molecule has 1 aliphatic heterocycles. The van der Waals surface area contributed by atoms with Gasteiger partial charge in [0.2, 0.25) is 5.91 Å². The highest BCUT2D eigenvalue weighted by molar-refractivity contribution is 5.77. The van der Waals surface area contributed by atoms with E-state index in [1.54, 1.807) is 12.1 Å². The van der Waals surface area contributed by atoms with Gasteiger partial charge in [-0.15, -0.1) is 0 Å². The number of benzene rings is 2. The molecule has 1 saturated heterocycles. The van der Waals surface area contributed by atoms with Crippen molar-refractivity contribution in [2.45, 2.75) is 77.5 Å². The van der Waals surface area contributed by atoms with Crippen LogP contribution in [0.25, 0.3) is 0 Å². The van der Waals surface area contributed by atoms with Gasteiger partial charge in [0.1, 0.15) is 6.61 Å². The molecular weight excluding hydrogens is 522 g/mol. The van der Waals surface area contributed by atoms with Crippen molar-refractivity contribution >= 4 is 23.0 Å². The van der Waals surface area contributed by atoms with Gasteiger partial charge in [-0.05, 0) is 81.2 Å². The Hall–Kier alpha value is -3.84. The molecule has 0 aromatic heterocycles. The summed E-state index contributed by atoms with van der Waals surface area (Å²) in [7, 11) is 0. The van der Waals surface area contributed by atoms with Gasteiger partial charge in [0.25, 0.3) is 0 Å². The van der Waals surface area contributed by atoms with Crippen LogP contribution in [0.4, 0.5) is 17.1 Å². The molecule has 2 N–H and O–H groups in total. The van der Waals surface area contributed by atoms with Gasteiger partial charge in [0, 0.05) is 48.7 Å². The molecule has 1 amide bonds. The smallest absolute Gasteiger partial charge is 0.311 e. The molecule has 0 spiro atoms. The highest BCUT2D eigenvalue weighted by Gasteiger charge is 2.26. The minimum atomic E-state index is -0.424. The largest absolute Gasteiger partial charge is 0.486 e. The van der Waals surface area contributed by atoms with E-state index in [4.69, 9.17) is 14.7 Å². The van der Waals surface area contributed by atoms with E-state index in [0.29, 0.717) is 31.3 Å². The van der Waals surface area contributed by atoms with Crippen LogP contribution in [0, 0.1) is 34.3 Å². The third-order valence-electron chi connectivity index (χ3n) is 7.78. The molecule has 0 bridgehead atoms. The second-order valence-electron chi connectivity index (χ2n) is 11.5. The Morgan fingerprint density at radius 3 is 2.29 bits per heavy atom. The molecule has 2 aromatic rings. The number of hydrogen-bond acceptors (Lipinski definition) is 8. The summed E-state index contributed by atoms with van der Waals surface area (Å²) >= 11 is 0. The van der Waals surface area contributed by atoms with E-state index in [-0.39, 0.29) is 42.0 Å². The first-order valence-corrected chi connectivity index (χ1v) is 14.6. The van der Waals surface area contributed by atoms with E-state index in [0.717, 1.165) is 55.5 Å². The molecule has 41 heavy (non-hydrogen) atoms. The van der Waals surface area contributed by atoms with Crippen molar-refractivity contribution < 1.29 is 19.2 Å². The highest BCUT2D eigenvalue weighted by Crippen LogP contribution is 2.31. The zero-order chi connectivity index (χ0) is 29.4. The zero-order valence-electron chi connectivity index (χ0n) is 24.2. The number of rotatable bonds is 11. The molecule has 1 heterocycles. The number of amides is 1. The lowest BCUT2D eigenvalue weighted by Crippen LogP contribution is -2.44. The van der Waals surface area contributed by atoms with E-state index >= 15 is 0 Å². The van der Waals surface area contributed by atoms with Gasteiger partial charge < -0.3 is 25.0 Å². The van der Waals surface area contributed by atoms with Crippen LogP contribution in [0.3, 0.4) is 0 Å². The quantitative estimate of drug-likeness (QED) is 0.265. The molecule has 0 radical (unpaired) electrons. The number of aryl methyl sites for hydroxylation is 1. The molecule has 0 unspecified atom stereocenters. The third-order valence-corrected chi connectivity index (χ3v) is 7.78. The highest BCUT2D eigenvalue weighted by atomic mass is 16.6. The summed E-state index contributed by atoms with van der Waals surface area (Å²) in [6.45, 7) is 7.74. The molecule has 1 saturated carbocycles. The molecule has 2 fully saturated rings. The molecule has 10 nitrogen and oxygen atoms in total. The lowest BCUT2D eigenvalue weighted by atomic mass is 9.92. The summed E-state index contributed by atoms with van der Waals surface area (Å²) in [6, 6.07) is 13.4. The van der Waals surface area contributed by atoms with Gasteiger partial charge in [-0.1, -0.05) is 13.8 Å². The third kappa shape index (κ3) is 8.57. The van der Waals surface area contributed by atoms with Crippen molar-refractivity contribution in [3.63, 3.8) is 0 Å². The first kappa shape index (κ1) is 30.1. The Labute approximate surface area is 242 Å². The summed E-state index contributed by atoms with van der Waals surface area (Å²) in [5, 5.41) is 27.5. The number of nitro groups is 1. The molecule has 10 heteroatoms. The Morgan fingerprint density at radius 1 is 1.05 bits per heavy atom. The van der Waals surface area contributed by atoms with Gasteiger partial charge in [0.05, 0.1) is 29.3 Å². The van der Waals surface area contributed by atoms with Crippen molar-refractivity contribution in [3.8, 4) is 11.8 Å². The number of anilines is 2. The topological polar surface area (TPSA) is 130 Å². The Morgan fingerprint density at radius 2 is 1.68 bits per heavy atom. The molecule has 2 aliphatic rings. The van der Waals surface area contributed by atoms with Crippen LogP contribution in [-0.2, 0) is 9.53 Å². The van der Waals surface area contributed by atoms with Crippen LogP contribution in [0.5, 0.6) is 5.75 Å². The predicted octanol–water partition coefficient (Wildman–Crippen LogP) is 5.65. The zero-order valence-corrected chi connectivity index (χ0v) is 24.2. The average molecular weight is 564 g/mol. The number of nitriles is 1. The second kappa shape index (κ2) is 14.2. The summed E-state index contributed by atoms with van der Waals surface area (Å²) in [6.07, 6.45) is 5.43. The van der Waals surface area contributed by atoms with E-state index in [9.17, 15) is 14.9 Å². The maximum atomic E-state index is 12.8. The van der Waals surface area contributed by atoms with Crippen molar-refractivity contribution in [2.75, 3.05) is 36.9 Å². The number of ether oxygens (including phenoxy) is 2. The van der Waals surface area contributed by atoms with Crippen molar-refractivity contribution in [2.24, 2.45) is 5.92 Å². The molecule has 1 aliphatic carbocycles. The SMILES string of the molecule is Cc1cc(NC2CCC(OCC(=O)N3CCC(Nc4ccc([N+](=O)[O-])c(OCC(C)C)c4)CC3)CC2)ccc1C#N. The summed E-state index contributed by atoms with van der Waals surface area (Å²) < 4.78 is 11.7. The molecule has 4 rings (SSSR count). The van der Waals surface area contributed by atoms with Crippen LogP contribution in [0.15, 0.2) is 36.4 Å². The van der Waals surface area contributed by atoms with Gasteiger partial charge in [-0.2, -0.15) is 5.26 Å². The predicted molar refractivity (Wildman–Crippen MR) is 158 cm³/mol. The van der Waals surface area contributed by atoms with E-state index in [1.807, 2.05) is 43.9 Å². The molecule has 2 aromatic carbocycles. The van der Waals surface area contributed by atoms with Crippen molar-refractivity contribution in [3.05, 3.63) is 57.6 Å². The number of hydrogen-bond donors (Lipinski definition) is 2. The fraction of sp³-hybridized carbons (Fsp3) is 0.548. The van der Waals surface area contributed by atoms with Gasteiger partial charge in [-0.25, -0.2) is 0 Å². The lowest BCUT2D eigenvalue weighted by molar-refractivity contribution is -0.385. The number of nitro benzene ring substituents is 1. The molecule has 0 atom stereocenters. The molecular formula is C31H41N5O5. The number of carbonyl (C=O) groups excluding carboxylic acids is 1.